The number of carbonyl (C=O) groups excluding carboxylic acids is 2. The number of hydrogen-bond acceptors (Lipinski definition) is 4. The molecule has 3 rings (SSSR count). The Kier molecular flexibility index (Phi) is 5.27. The lowest BCUT2D eigenvalue weighted by Gasteiger charge is -2.17. The van der Waals surface area contributed by atoms with Crippen LogP contribution in [0.15, 0.2) is 30.5 Å². The fourth-order valence-corrected chi connectivity index (χ4v) is 3.63. The molecule has 1 fully saturated rings. The molecule has 0 spiro atoms. The summed E-state index contributed by atoms with van der Waals surface area (Å²) in [4.78, 5) is 33.4. The molecule has 0 aliphatic carbocycles. The van der Waals surface area contributed by atoms with Gasteiger partial charge in [-0.05, 0) is 30.5 Å². The molecule has 2 aromatic rings. The molecule has 7 heteroatoms. The third kappa shape index (κ3) is 3.72. The van der Waals surface area contributed by atoms with E-state index in [9.17, 15) is 9.59 Å². The molecule has 1 aromatic heterocycles. The van der Waals surface area contributed by atoms with Crippen molar-refractivity contribution in [2.45, 2.75) is 32.6 Å². The van der Waals surface area contributed by atoms with Crippen LogP contribution in [0, 0.1) is 0 Å². The molecule has 0 radical (unpaired) electrons. The zero-order valence-corrected chi connectivity index (χ0v) is 16.3. The van der Waals surface area contributed by atoms with Gasteiger partial charge in [0.2, 0.25) is 5.91 Å². The third-order valence-corrected chi connectivity index (χ3v) is 5.85. The Balaban J connectivity index is 1.66. The molecule has 2 heterocycles. The second kappa shape index (κ2) is 7.45. The van der Waals surface area contributed by atoms with Crippen LogP contribution in [0.1, 0.15) is 43.0 Å². The van der Waals surface area contributed by atoms with Crippen molar-refractivity contribution < 1.29 is 9.59 Å². The van der Waals surface area contributed by atoms with Crippen molar-refractivity contribution in [2.24, 2.45) is 0 Å². The minimum Gasteiger partial charge on any atom is -0.326 e. The van der Waals surface area contributed by atoms with E-state index in [1.165, 1.54) is 11.3 Å². The molecule has 1 aliphatic heterocycles. The number of urea groups is 1. The molecule has 1 aliphatic rings. The highest BCUT2D eigenvalue weighted by molar-refractivity contribution is 7.15. The summed E-state index contributed by atoms with van der Waals surface area (Å²) in [5, 5.41) is 3.53. The van der Waals surface area contributed by atoms with E-state index >= 15 is 0 Å². The largest absolute Gasteiger partial charge is 0.326 e. The summed E-state index contributed by atoms with van der Waals surface area (Å²) in [5.41, 5.74) is 1.77. The number of aromatic nitrogens is 1. The molecule has 138 valence electrons. The minimum absolute atomic E-state index is 0.00766. The maximum absolute atomic E-state index is 12.5. The molecule has 26 heavy (non-hydrogen) atoms. The Morgan fingerprint density at radius 3 is 2.42 bits per heavy atom. The Hall–Kier alpha value is -2.41. The van der Waals surface area contributed by atoms with Gasteiger partial charge in [-0.3, -0.25) is 9.69 Å². The van der Waals surface area contributed by atoms with Crippen LogP contribution in [0.25, 0.3) is 0 Å². The molecule has 6 nitrogen and oxygen atoms in total. The lowest BCUT2D eigenvalue weighted by molar-refractivity contribution is -0.117. The number of carbonyl (C=O) groups is 2. The summed E-state index contributed by atoms with van der Waals surface area (Å²) in [5.74, 6) is 0.0160. The van der Waals surface area contributed by atoms with Gasteiger partial charge in [0.25, 0.3) is 0 Å². The lowest BCUT2D eigenvalue weighted by atomic mass is 10.00. The summed E-state index contributed by atoms with van der Waals surface area (Å²) in [6.07, 6.45) is 1.81. The standard InChI is InChI=1S/C19H24N4O2S/c1-12(2)16-11-20-18(26-16)21-17(24)13(3)14-5-7-15(8-6-14)23-10-9-22(4)19(23)25/h5-8,11-13H,9-10H2,1-4H3,(H,20,21,24)/t13-/m1/s1. The second-order valence-electron chi connectivity index (χ2n) is 6.88. The van der Waals surface area contributed by atoms with Gasteiger partial charge in [-0.25, -0.2) is 9.78 Å². The first-order valence-corrected chi connectivity index (χ1v) is 9.57. The first-order valence-electron chi connectivity index (χ1n) is 8.76. The predicted molar refractivity (Wildman–Crippen MR) is 105 cm³/mol. The molecule has 0 saturated carbocycles. The Labute approximate surface area is 157 Å². The van der Waals surface area contributed by atoms with Gasteiger partial charge in [0.05, 0.1) is 5.92 Å². The van der Waals surface area contributed by atoms with Gasteiger partial charge in [-0.15, -0.1) is 11.3 Å². The van der Waals surface area contributed by atoms with E-state index in [1.807, 2.05) is 37.4 Å². The molecule has 3 amide bonds. The normalized spacial score (nSPS) is 15.7. The van der Waals surface area contributed by atoms with Crippen LogP contribution in [0.3, 0.4) is 0 Å². The van der Waals surface area contributed by atoms with E-state index in [0.717, 1.165) is 22.7 Å². The maximum atomic E-state index is 12.5. The number of hydrogen-bond donors (Lipinski definition) is 1. The second-order valence-corrected chi connectivity index (χ2v) is 7.94. The van der Waals surface area contributed by atoms with Crippen LogP contribution in [-0.2, 0) is 4.79 Å². The SMILES string of the molecule is CC(C)c1cnc(NC(=O)[C@H](C)c2ccc(N3CCN(C)C3=O)cc2)s1. The van der Waals surface area contributed by atoms with Crippen molar-refractivity contribution in [3.05, 3.63) is 40.9 Å². The summed E-state index contributed by atoms with van der Waals surface area (Å²) in [6.45, 7) is 7.49. The molecule has 1 atom stereocenters. The molecule has 0 bridgehead atoms. The summed E-state index contributed by atoms with van der Waals surface area (Å²) in [7, 11) is 1.80. The fourth-order valence-electron chi connectivity index (χ4n) is 2.81. The zero-order chi connectivity index (χ0) is 18.8. The zero-order valence-electron chi connectivity index (χ0n) is 15.5. The predicted octanol–water partition coefficient (Wildman–Crippen LogP) is 3.88. The van der Waals surface area contributed by atoms with Crippen molar-refractivity contribution in [2.75, 3.05) is 30.4 Å². The van der Waals surface area contributed by atoms with E-state index in [0.29, 0.717) is 17.6 Å². The molecule has 1 N–H and O–H groups in total. The van der Waals surface area contributed by atoms with Gasteiger partial charge >= 0.3 is 6.03 Å². The Morgan fingerprint density at radius 2 is 1.88 bits per heavy atom. The van der Waals surface area contributed by atoms with Crippen molar-refractivity contribution >= 4 is 34.1 Å². The van der Waals surface area contributed by atoms with E-state index in [-0.39, 0.29) is 17.9 Å². The van der Waals surface area contributed by atoms with Gasteiger partial charge in [-0.1, -0.05) is 26.0 Å². The molecular formula is C19H24N4O2S. The summed E-state index contributed by atoms with van der Waals surface area (Å²) >= 11 is 1.51. The Morgan fingerprint density at radius 1 is 1.19 bits per heavy atom. The topological polar surface area (TPSA) is 65.5 Å². The van der Waals surface area contributed by atoms with Gasteiger partial charge in [0.15, 0.2) is 5.13 Å². The van der Waals surface area contributed by atoms with Crippen LogP contribution < -0.4 is 10.2 Å². The van der Waals surface area contributed by atoms with E-state index in [2.05, 4.69) is 24.1 Å². The quantitative estimate of drug-likeness (QED) is 0.866. The third-order valence-electron chi connectivity index (χ3n) is 4.64. The van der Waals surface area contributed by atoms with Crippen molar-refractivity contribution in [1.29, 1.82) is 0 Å². The molecule has 1 saturated heterocycles. The van der Waals surface area contributed by atoms with E-state index in [4.69, 9.17) is 0 Å². The van der Waals surface area contributed by atoms with Gasteiger partial charge in [0.1, 0.15) is 0 Å². The number of anilines is 2. The van der Waals surface area contributed by atoms with Crippen LogP contribution in [0.2, 0.25) is 0 Å². The maximum Gasteiger partial charge on any atom is 0.324 e. The van der Waals surface area contributed by atoms with Crippen LogP contribution in [0.5, 0.6) is 0 Å². The highest BCUT2D eigenvalue weighted by Crippen LogP contribution is 2.27. The summed E-state index contributed by atoms with van der Waals surface area (Å²) in [6, 6.07) is 7.62. The van der Waals surface area contributed by atoms with Crippen LogP contribution in [-0.4, -0.2) is 42.0 Å². The van der Waals surface area contributed by atoms with Gasteiger partial charge in [-0.2, -0.15) is 0 Å². The first-order chi connectivity index (χ1) is 12.4. The number of likely N-dealkylation sites (N-methyl/N-ethyl adjacent to an activating group) is 1. The number of nitrogens with zero attached hydrogens (tertiary/aromatic N) is 3. The average Bonchev–Trinajstić information content (AvgIpc) is 3.22. The number of rotatable bonds is 5. The van der Waals surface area contributed by atoms with Gasteiger partial charge < -0.3 is 10.2 Å². The molecular weight excluding hydrogens is 348 g/mol. The van der Waals surface area contributed by atoms with Crippen molar-refractivity contribution in [1.82, 2.24) is 9.88 Å². The van der Waals surface area contributed by atoms with Crippen LogP contribution >= 0.6 is 11.3 Å². The number of nitrogens with one attached hydrogen (secondary N) is 1. The smallest absolute Gasteiger partial charge is 0.324 e. The summed E-state index contributed by atoms with van der Waals surface area (Å²) < 4.78 is 0. The fraction of sp³-hybridized carbons (Fsp3) is 0.421. The van der Waals surface area contributed by atoms with Gasteiger partial charge in [0, 0.05) is 36.9 Å². The van der Waals surface area contributed by atoms with E-state index < -0.39 is 0 Å². The monoisotopic (exact) mass is 372 g/mol. The number of thiazole rings is 1. The average molecular weight is 372 g/mol. The highest BCUT2D eigenvalue weighted by atomic mass is 32.1. The van der Waals surface area contributed by atoms with Crippen molar-refractivity contribution in [3.63, 3.8) is 0 Å². The lowest BCUT2D eigenvalue weighted by Crippen LogP contribution is -2.29. The molecule has 1 aromatic carbocycles. The number of amides is 3. The van der Waals surface area contributed by atoms with Crippen LogP contribution in [0.4, 0.5) is 15.6 Å². The van der Waals surface area contributed by atoms with E-state index in [1.54, 1.807) is 16.8 Å². The minimum atomic E-state index is -0.299. The van der Waals surface area contributed by atoms with Crippen molar-refractivity contribution in [3.8, 4) is 0 Å². The Bertz CT molecular complexity index is 800. The first kappa shape index (κ1) is 18.4. The molecule has 0 unspecified atom stereocenters. The highest BCUT2D eigenvalue weighted by Gasteiger charge is 2.26. The number of benzene rings is 1.